The largest absolute Gasteiger partial charge is 0.497 e. The van der Waals surface area contributed by atoms with E-state index in [-0.39, 0.29) is 18.0 Å². The number of benzene rings is 2. The maximum atomic E-state index is 13.2. The van der Waals surface area contributed by atoms with Gasteiger partial charge < -0.3 is 9.47 Å². The number of carbonyl (C=O) groups is 3. The lowest BCUT2D eigenvalue weighted by atomic mass is 10.1. The average molecular weight is 477 g/mol. The summed E-state index contributed by atoms with van der Waals surface area (Å²) in [6, 6.07) is 12.2. The molecular formula is C20H16INO5. The molecule has 0 atom stereocenters. The first kappa shape index (κ1) is 19.1. The van der Waals surface area contributed by atoms with Gasteiger partial charge in [0.2, 0.25) is 0 Å². The molecule has 0 fully saturated rings. The van der Waals surface area contributed by atoms with Crippen LogP contribution >= 0.6 is 22.6 Å². The highest BCUT2D eigenvalue weighted by Gasteiger charge is 2.25. The number of carbonyl (C=O) groups excluding carboxylic acids is 3. The number of nitrogens with zero attached hydrogens (tertiary/aromatic N) is 1. The first-order chi connectivity index (χ1) is 13.0. The third-order valence-electron chi connectivity index (χ3n) is 4.29. The standard InChI is InChI=1S/C20H16INO5/c1-26-12-7-8-17-14(9-12)15(10-19(24)27-2)18(11-23)22(17)20(25)13-5-3-4-6-16(13)21/h3-9,11H,10H2,1-2H3. The van der Waals surface area contributed by atoms with Crippen molar-refractivity contribution in [3.8, 4) is 5.75 Å². The maximum absolute atomic E-state index is 13.2. The number of methoxy groups -OCH3 is 2. The van der Waals surface area contributed by atoms with Crippen LogP contribution in [-0.4, -0.2) is 36.9 Å². The third kappa shape index (κ3) is 3.46. The summed E-state index contributed by atoms with van der Waals surface area (Å²) in [5.74, 6) is -0.278. The van der Waals surface area contributed by atoms with E-state index in [4.69, 9.17) is 9.47 Å². The zero-order valence-corrected chi connectivity index (χ0v) is 16.8. The van der Waals surface area contributed by atoms with Crippen LogP contribution in [0.1, 0.15) is 26.4 Å². The van der Waals surface area contributed by atoms with Crippen molar-refractivity contribution in [1.29, 1.82) is 0 Å². The fourth-order valence-electron chi connectivity index (χ4n) is 2.98. The van der Waals surface area contributed by atoms with E-state index in [2.05, 4.69) is 22.6 Å². The van der Waals surface area contributed by atoms with E-state index < -0.39 is 5.97 Å². The molecule has 0 radical (unpaired) electrons. The van der Waals surface area contributed by atoms with Crippen molar-refractivity contribution in [3.05, 3.63) is 62.9 Å². The van der Waals surface area contributed by atoms with Crippen LogP contribution in [0.4, 0.5) is 0 Å². The Morgan fingerprint density at radius 2 is 1.89 bits per heavy atom. The summed E-state index contributed by atoms with van der Waals surface area (Å²) in [5, 5.41) is 0.598. The minimum atomic E-state index is -0.498. The Kier molecular flexibility index (Phi) is 5.59. The molecule has 0 aliphatic rings. The highest BCUT2D eigenvalue weighted by molar-refractivity contribution is 14.1. The highest BCUT2D eigenvalue weighted by atomic mass is 127. The summed E-state index contributed by atoms with van der Waals surface area (Å²) in [6.07, 6.45) is 0.471. The average Bonchev–Trinajstić information content (AvgIpc) is 3.00. The van der Waals surface area contributed by atoms with Crippen LogP contribution in [0.3, 0.4) is 0 Å². The van der Waals surface area contributed by atoms with Gasteiger partial charge in [-0.1, -0.05) is 12.1 Å². The van der Waals surface area contributed by atoms with Gasteiger partial charge in [0.25, 0.3) is 5.91 Å². The van der Waals surface area contributed by atoms with Crippen LogP contribution in [0, 0.1) is 3.57 Å². The summed E-state index contributed by atoms with van der Waals surface area (Å²) in [4.78, 5) is 37.0. The van der Waals surface area contributed by atoms with E-state index in [0.29, 0.717) is 34.1 Å². The van der Waals surface area contributed by atoms with Crippen LogP contribution in [0.15, 0.2) is 42.5 Å². The second-order valence-electron chi connectivity index (χ2n) is 5.74. The first-order valence-corrected chi connectivity index (χ1v) is 9.12. The molecule has 1 aromatic heterocycles. The van der Waals surface area contributed by atoms with Gasteiger partial charge in [0, 0.05) is 14.5 Å². The fraction of sp³-hybridized carbons (Fsp3) is 0.150. The van der Waals surface area contributed by atoms with E-state index in [1.165, 1.54) is 18.8 Å². The molecule has 3 rings (SSSR count). The van der Waals surface area contributed by atoms with Gasteiger partial charge in [-0.2, -0.15) is 0 Å². The van der Waals surface area contributed by atoms with Crippen LogP contribution in [0.25, 0.3) is 10.9 Å². The monoisotopic (exact) mass is 477 g/mol. The van der Waals surface area contributed by atoms with Crippen LogP contribution in [0.5, 0.6) is 5.75 Å². The molecule has 0 amide bonds. The Bertz CT molecular complexity index is 1050. The number of aromatic nitrogens is 1. The first-order valence-electron chi connectivity index (χ1n) is 8.04. The smallest absolute Gasteiger partial charge is 0.310 e. The van der Waals surface area contributed by atoms with Crippen molar-refractivity contribution < 1.29 is 23.9 Å². The number of hydrogen-bond acceptors (Lipinski definition) is 5. The lowest BCUT2D eigenvalue weighted by Crippen LogP contribution is -2.17. The van der Waals surface area contributed by atoms with Crippen molar-refractivity contribution in [2.75, 3.05) is 14.2 Å². The van der Waals surface area contributed by atoms with Gasteiger partial charge >= 0.3 is 5.97 Å². The second kappa shape index (κ2) is 7.91. The Balaban J connectivity index is 2.31. The fourth-order valence-corrected chi connectivity index (χ4v) is 3.60. The molecule has 0 aliphatic heterocycles. The third-order valence-corrected chi connectivity index (χ3v) is 5.23. The van der Waals surface area contributed by atoms with Crippen LogP contribution in [-0.2, 0) is 16.0 Å². The molecule has 0 saturated carbocycles. The topological polar surface area (TPSA) is 74.6 Å². The summed E-state index contributed by atoms with van der Waals surface area (Å²) in [6.45, 7) is 0. The van der Waals surface area contributed by atoms with Crippen LogP contribution < -0.4 is 4.74 Å². The zero-order valence-electron chi connectivity index (χ0n) is 14.7. The molecule has 0 saturated heterocycles. The molecule has 138 valence electrons. The van der Waals surface area contributed by atoms with Gasteiger partial charge in [0.15, 0.2) is 6.29 Å². The predicted octanol–water partition coefficient (Wildman–Crippen LogP) is 3.47. The molecule has 1 heterocycles. The maximum Gasteiger partial charge on any atom is 0.310 e. The van der Waals surface area contributed by atoms with Gasteiger partial charge in [0.05, 0.1) is 37.4 Å². The number of hydrogen-bond donors (Lipinski definition) is 0. The van der Waals surface area contributed by atoms with Crippen molar-refractivity contribution in [1.82, 2.24) is 4.57 Å². The molecule has 0 N–H and O–H groups in total. The molecule has 6 nitrogen and oxygen atoms in total. The molecule has 7 heteroatoms. The molecule has 0 unspecified atom stereocenters. The Morgan fingerprint density at radius 3 is 2.52 bits per heavy atom. The van der Waals surface area contributed by atoms with E-state index >= 15 is 0 Å². The minimum absolute atomic E-state index is 0.125. The van der Waals surface area contributed by atoms with Gasteiger partial charge in [-0.15, -0.1) is 0 Å². The van der Waals surface area contributed by atoms with E-state index in [0.717, 1.165) is 3.57 Å². The molecule has 0 aliphatic carbocycles. The number of fused-ring (bicyclic) bond motifs is 1. The van der Waals surface area contributed by atoms with E-state index in [1.807, 2.05) is 12.1 Å². The molecular weight excluding hydrogens is 461 g/mol. The number of halogens is 1. The van der Waals surface area contributed by atoms with Crippen molar-refractivity contribution >= 4 is 51.7 Å². The van der Waals surface area contributed by atoms with Crippen molar-refractivity contribution in [2.24, 2.45) is 0 Å². The zero-order chi connectivity index (χ0) is 19.6. The quantitative estimate of drug-likeness (QED) is 0.320. The summed E-state index contributed by atoms with van der Waals surface area (Å²) in [7, 11) is 2.80. The molecule has 3 aromatic rings. The molecule has 2 aromatic carbocycles. The van der Waals surface area contributed by atoms with Crippen molar-refractivity contribution in [3.63, 3.8) is 0 Å². The Hall–Kier alpha value is -2.68. The number of aldehydes is 1. The van der Waals surface area contributed by atoms with Crippen molar-refractivity contribution in [2.45, 2.75) is 6.42 Å². The second-order valence-corrected chi connectivity index (χ2v) is 6.90. The Labute approximate surface area is 169 Å². The number of ether oxygens (including phenoxy) is 2. The summed E-state index contributed by atoms with van der Waals surface area (Å²) >= 11 is 2.08. The summed E-state index contributed by atoms with van der Waals surface area (Å²) < 4.78 is 12.1. The number of esters is 1. The lowest BCUT2D eigenvalue weighted by molar-refractivity contribution is -0.139. The minimum Gasteiger partial charge on any atom is -0.497 e. The summed E-state index contributed by atoms with van der Waals surface area (Å²) in [5.41, 5.74) is 1.57. The molecule has 0 spiro atoms. The molecule has 27 heavy (non-hydrogen) atoms. The van der Waals surface area contributed by atoms with E-state index in [1.54, 1.807) is 30.3 Å². The predicted molar refractivity (Wildman–Crippen MR) is 108 cm³/mol. The highest BCUT2D eigenvalue weighted by Crippen LogP contribution is 2.31. The van der Waals surface area contributed by atoms with Gasteiger partial charge in [0.1, 0.15) is 5.75 Å². The molecule has 0 bridgehead atoms. The number of rotatable bonds is 5. The van der Waals surface area contributed by atoms with Gasteiger partial charge in [-0.05, 0) is 52.9 Å². The van der Waals surface area contributed by atoms with E-state index in [9.17, 15) is 14.4 Å². The SMILES string of the molecule is COC(=O)Cc1c(C=O)n(C(=O)c2ccccc2I)c2ccc(OC)cc12. The lowest BCUT2D eigenvalue weighted by Gasteiger charge is -2.08. The Morgan fingerprint density at radius 1 is 1.15 bits per heavy atom. The van der Waals surface area contributed by atoms with Gasteiger partial charge in [-0.25, -0.2) is 0 Å². The van der Waals surface area contributed by atoms with Crippen LogP contribution in [0.2, 0.25) is 0 Å². The van der Waals surface area contributed by atoms with Gasteiger partial charge in [-0.3, -0.25) is 19.0 Å². The normalized spacial score (nSPS) is 10.6.